The third-order valence-corrected chi connectivity index (χ3v) is 2.96. The van der Waals surface area contributed by atoms with Gasteiger partial charge in [0.25, 0.3) is 0 Å². The van der Waals surface area contributed by atoms with Gasteiger partial charge in [0.2, 0.25) is 5.76 Å². The van der Waals surface area contributed by atoms with Crippen LogP contribution < -0.4 is 0 Å². The molecule has 1 aromatic carbocycles. The molecule has 3 aromatic rings. The predicted molar refractivity (Wildman–Crippen MR) is 74.5 cm³/mol. The molecule has 21 heavy (non-hydrogen) atoms. The Balaban J connectivity index is 1.62. The van der Waals surface area contributed by atoms with Gasteiger partial charge in [0, 0.05) is 6.07 Å². The molecule has 0 bridgehead atoms. The lowest BCUT2D eigenvalue weighted by molar-refractivity contribution is 0.0464. The second-order valence-corrected chi connectivity index (χ2v) is 4.60. The van der Waals surface area contributed by atoms with Crippen LogP contribution in [0, 0.1) is 6.92 Å². The molecule has 0 amide bonds. The summed E-state index contributed by atoms with van der Waals surface area (Å²) in [7, 11) is 0. The molecule has 0 atom stereocenters. The van der Waals surface area contributed by atoms with E-state index in [1.807, 2.05) is 19.1 Å². The summed E-state index contributed by atoms with van der Waals surface area (Å²) in [4.78, 5) is 11.9. The highest BCUT2D eigenvalue weighted by Gasteiger charge is 2.12. The molecule has 106 valence electrons. The Morgan fingerprint density at radius 3 is 2.71 bits per heavy atom. The number of ether oxygens (including phenoxy) is 1. The van der Waals surface area contributed by atoms with Crippen molar-refractivity contribution in [2.24, 2.45) is 0 Å². The van der Waals surface area contributed by atoms with E-state index in [1.54, 1.807) is 36.6 Å². The van der Waals surface area contributed by atoms with Crippen molar-refractivity contribution < 1.29 is 18.5 Å². The van der Waals surface area contributed by atoms with Crippen LogP contribution in [0.3, 0.4) is 0 Å². The van der Waals surface area contributed by atoms with Crippen LogP contribution in [0.15, 0.2) is 57.7 Å². The van der Waals surface area contributed by atoms with Crippen molar-refractivity contribution in [1.29, 1.82) is 0 Å². The first kappa shape index (κ1) is 13.2. The van der Waals surface area contributed by atoms with E-state index in [2.05, 4.69) is 5.16 Å². The molecule has 0 spiro atoms. The minimum Gasteiger partial charge on any atom is -0.461 e. The molecule has 0 unspecified atom stereocenters. The number of carbonyl (C=O) groups is 1. The molecule has 5 heteroatoms. The molecule has 0 N–H and O–H groups in total. The number of hydrogen-bond donors (Lipinski definition) is 0. The van der Waals surface area contributed by atoms with Gasteiger partial charge >= 0.3 is 5.97 Å². The molecule has 2 heterocycles. The summed E-state index contributed by atoms with van der Waals surface area (Å²) in [6, 6.07) is 12.4. The van der Waals surface area contributed by atoms with Crippen LogP contribution in [0.1, 0.15) is 21.6 Å². The van der Waals surface area contributed by atoms with Gasteiger partial charge in [-0.25, -0.2) is 4.79 Å². The fourth-order valence-electron chi connectivity index (χ4n) is 1.83. The maximum atomic E-state index is 11.9. The van der Waals surface area contributed by atoms with E-state index in [0.717, 1.165) is 5.56 Å². The molecule has 0 saturated heterocycles. The molecular weight excluding hydrogens is 270 g/mol. The summed E-state index contributed by atoms with van der Waals surface area (Å²) in [5, 5.41) is 3.84. The lowest BCUT2D eigenvalue weighted by Crippen LogP contribution is -2.05. The average molecular weight is 283 g/mol. The Morgan fingerprint density at radius 1 is 1.19 bits per heavy atom. The predicted octanol–water partition coefficient (Wildman–Crippen LogP) is 3.60. The zero-order valence-electron chi connectivity index (χ0n) is 11.4. The van der Waals surface area contributed by atoms with Gasteiger partial charge in [0.15, 0.2) is 5.76 Å². The Hall–Kier alpha value is -2.82. The molecule has 2 aromatic heterocycles. The van der Waals surface area contributed by atoms with Crippen LogP contribution in [0.25, 0.3) is 11.5 Å². The fraction of sp³-hybridized carbons (Fsp3) is 0.125. The summed E-state index contributed by atoms with van der Waals surface area (Å²) < 4.78 is 15.5. The SMILES string of the molecule is Cc1ccc(C(=O)OCc2cc(-c3ccco3)on2)cc1. The Bertz CT molecular complexity index is 726. The molecule has 0 fully saturated rings. The Kier molecular flexibility index (Phi) is 3.55. The van der Waals surface area contributed by atoms with E-state index in [4.69, 9.17) is 13.7 Å². The third-order valence-electron chi connectivity index (χ3n) is 2.96. The smallest absolute Gasteiger partial charge is 0.338 e. The quantitative estimate of drug-likeness (QED) is 0.684. The molecule has 0 radical (unpaired) electrons. The number of aryl methyl sites for hydroxylation is 1. The van der Waals surface area contributed by atoms with Crippen molar-refractivity contribution in [2.75, 3.05) is 0 Å². The van der Waals surface area contributed by atoms with E-state index in [1.165, 1.54) is 0 Å². The van der Waals surface area contributed by atoms with Crippen molar-refractivity contribution in [2.45, 2.75) is 13.5 Å². The molecule has 0 saturated carbocycles. The summed E-state index contributed by atoms with van der Waals surface area (Å²) >= 11 is 0. The van der Waals surface area contributed by atoms with Crippen molar-refractivity contribution in [3.05, 3.63) is 65.5 Å². The van der Waals surface area contributed by atoms with Crippen LogP contribution in [0.2, 0.25) is 0 Å². The second kappa shape index (κ2) is 5.66. The van der Waals surface area contributed by atoms with Crippen LogP contribution in [0.5, 0.6) is 0 Å². The van der Waals surface area contributed by atoms with Crippen molar-refractivity contribution in [1.82, 2.24) is 5.16 Å². The van der Waals surface area contributed by atoms with E-state index < -0.39 is 5.97 Å². The van der Waals surface area contributed by atoms with Gasteiger partial charge in [0.05, 0.1) is 11.8 Å². The molecule has 3 rings (SSSR count). The minimum absolute atomic E-state index is 0.0525. The number of carbonyl (C=O) groups excluding carboxylic acids is 1. The maximum Gasteiger partial charge on any atom is 0.338 e. The number of esters is 1. The van der Waals surface area contributed by atoms with Crippen LogP contribution in [-0.4, -0.2) is 11.1 Å². The van der Waals surface area contributed by atoms with E-state index >= 15 is 0 Å². The number of hydrogen-bond acceptors (Lipinski definition) is 5. The number of nitrogens with zero attached hydrogens (tertiary/aromatic N) is 1. The molecule has 5 nitrogen and oxygen atoms in total. The highest BCUT2D eigenvalue weighted by molar-refractivity contribution is 5.89. The summed E-state index contributed by atoms with van der Waals surface area (Å²) in [5.74, 6) is 0.692. The van der Waals surface area contributed by atoms with Gasteiger partial charge in [-0.05, 0) is 31.2 Å². The first-order chi connectivity index (χ1) is 10.2. The zero-order chi connectivity index (χ0) is 14.7. The summed E-state index contributed by atoms with van der Waals surface area (Å²) in [6.07, 6.45) is 1.55. The normalized spacial score (nSPS) is 10.5. The lowest BCUT2D eigenvalue weighted by Gasteiger charge is -2.02. The van der Waals surface area contributed by atoms with Crippen LogP contribution in [-0.2, 0) is 11.3 Å². The van der Waals surface area contributed by atoms with Gasteiger partial charge in [-0.15, -0.1) is 0 Å². The van der Waals surface area contributed by atoms with Crippen molar-refractivity contribution >= 4 is 5.97 Å². The third kappa shape index (κ3) is 3.02. The van der Waals surface area contributed by atoms with E-state index in [-0.39, 0.29) is 6.61 Å². The average Bonchev–Trinajstić information content (AvgIpc) is 3.16. The van der Waals surface area contributed by atoms with Crippen molar-refractivity contribution in [3.8, 4) is 11.5 Å². The number of rotatable bonds is 4. The zero-order valence-corrected chi connectivity index (χ0v) is 11.4. The van der Waals surface area contributed by atoms with Gasteiger partial charge < -0.3 is 13.7 Å². The second-order valence-electron chi connectivity index (χ2n) is 4.60. The Labute approximate surface area is 121 Å². The lowest BCUT2D eigenvalue weighted by atomic mass is 10.1. The van der Waals surface area contributed by atoms with Gasteiger partial charge in [0.1, 0.15) is 12.3 Å². The molecular formula is C16H13NO4. The molecule has 0 aliphatic rings. The minimum atomic E-state index is -0.391. The van der Waals surface area contributed by atoms with Gasteiger partial charge in [-0.3, -0.25) is 0 Å². The first-order valence-electron chi connectivity index (χ1n) is 6.45. The summed E-state index contributed by atoms with van der Waals surface area (Å²) in [5.41, 5.74) is 2.13. The highest BCUT2D eigenvalue weighted by Crippen LogP contribution is 2.20. The van der Waals surface area contributed by atoms with Crippen LogP contribution in [0.4, 0.5) is 0 Å². The van der Waals surface area contributed by atoms with E-state index in [0.29, 0.717) is 22.8 Å². The highest BCUT2D eigenvalue weighted by atomic mass is 16.5. The topological polar surface area (TPSA) is 65.5 Å². The number of furan rings is 1. The largest absolute Gasteiger partial charge is 0.461 e. The standard InChI is InChI=1S/C16H13NO4/c1-11-4-6-12(7-5-11)16(18)20-10-13-9-15(21-17-13)14-3-2-8-19-14/h2-9H,10H2,1H3. The number of benzene rings is 1. The van der Waals surface area contributed by atoms with Crippen molar-refractivity contribution in [3.63, 3.8) is 0 Å². The monoisotopic (exact) mass is 283 g/mol. The fourth-order valence-corrected chi connectivity index (χ4v) is 1.83. The molecule has 0 aliphatic carbocycles. The number of aromatic nitrogens is 1. The van der Waals surface area contributed by atoms with E-state index in [9.17, 15) is 4.79 Å². The van der Waals surface area contributed by atoms with Gasteiger partial charge in [-0.2, -0.15) is 0 Å². The Morgan fingerprint density at radius 2 is 2.00 bits per heavy atom. The first-order valence-corrected chi connectivity index (χ1v) is 6.45. The van der Waals surface area contributed by atoms with Crippen LogP contribution >= 0.6 is 0 Å². The molecule has 0 aliphatic heterocycles. The van der Waals surface area contributed by atoms with Gasteiger partial charge in [-0.1, -0.05) is 22.9 Å². The summed E-state index contributed by atoms with van der Waals surface area (Å²) in [6.45, 7) is 2.01. The maximum absolute atomic E-state index is 11.9.